The molecule has 1 atom stereocenters. The van der Waals surface area contributed by atoms with Gasteiger partial charge in [-0.25, -0.2) is 13.6 Å². The third kappa shape index (κ3) is 5.35. The molecule has 0 aliphatic carbocycles. The summed E-state index contributed by atoms with van der Waals surface area (Å²) in [5.74, 6) is -1.36. The molecule has 0 aromatic carbocycles. The number of primary sulfonamides is 1. The first-order chi connectivity index (χ1) is 8.25. The Morgan fingerprint density at radius 3 is 1.94 bits per heavy atom. The quantitative estimate of drug-likeness (QED) is 0.599. The minimum atomic E-state index is -4.06. The van der Waals surface area contributed by atoms with E-state index in [0.717, 1.165) is 19.3 Å². The van der Waals surface area contributed by atoms with Gasteiger partial charge in [0.05, 0.1) is 0 Å². The summed E-state index contributed by atoms with van der Waals surface area (Å²) in [5, 5.41) is 14.0. The van der Waals surface area contributed by atoms with Crippen molar-refractivity contribution in [1.82, 2.24) is 0 Å². The largest absolute Gasteiger partial charge is 0.480 e. The number of unbranched alkanes of at least 4 members (excludes halogenated alkanes) is 6. The highest BCUT2D eigenvalue weighted by Gasteiger charge is 2.43. The zero-order chi connectivity index (χ0) is 14.2. The van der Waals surface area contributed by atoms with E-state index in [1.807, 2.05) is 0 Å². The summed E-state index contributed by atoms with van der Waals surface area (Å²) < 4.78 is 20.7. The lowest BCUT2D eigenvalue weighted by Crippen LogP contribution is -2.47. The number of hydrogen-bond donors (Lipinski definition) is 2. The van der Waals surface area contributed by atoms with Crippen molar-refractivity contribution in [2.24, 2.45) is 5.14 Å². The minimum absolute atomic E-state index is 0.0783. The molecule has 0 saturated carbocycles. The Morgan fingerprint density at radius 1 is 1.11 bits per heavy atom. The van der Waals surface area contributed by atoms with Crippen molar-refractivity contribution in [3.63, 3.8) is 0 Å². The summed E-state index contributed by atoms with van der Waals surface area (Å²) >= 11 is 0. The van der Waals surface area contributed by atoms with Gasteiger partial charge in [-0.1, -0.05) is 51.9 Å². The van der Waals surface area contributed by atoms with E-state index in [9.17, 15) is 13.2 Å². The lowest BCUT2D eigenvalue weighted by molar-refractivity contribution is -0.139. The van der Waals surface area contributed by atoms with Gasteiger partial charge in [-0.3, -0.25) is 4.79 Å². The number of carboxylic acids is 1. The molecule has 0 rings (SSSR count). The Morgan fingerprint density at radius 2 is 1.56 bits per heavy atom. The molecule has 0 heterocycles. The van der Waals surface area contributed by atoms with Crippen molar-refractivity contribution in [1.29, 1.82) is 0 Å². The van der Waals surface area contributed by atoms with E-state index in [2.05, 4.69) is 6.92 Å². The molecule has 0 saturated heterocycles. The van der Waals surface area contributed by atoms with E-state index in [4.69, 9.17) is 10.2 Å². The number of carbonyl (C=O) groups is 1. The zero-order valence-electron chi connectivity index (χ0n) is 11.3. The highest BCUT2D eigenvalue weighted by Crippen LogP contribution is 2.23. The molecule has 0 aliphatic rings. The molecule has 6 heteroatoms. The van der Waals surface area contributed by atoms with Crippen molar-refractivity contribution in [3.8, 4) is 0 Å². The summed E-state index contributed by atoms with van der Waals surface area (Å²) in [4.78, 5) is 11.0. The molecular formula is C12H25NO4S. The summed E-state index contributed by atoms with van der Waals surface area (Å²) in [6.07, 6.45) is 7.21. The normalized spacial score (nSPS) is 15.3. The summed E-state index contributed by atoms with van der Waals surface area (Å²) in [7, 11) is -4.06. The SMILES string of the molecule is CCCCCCCCCC(C)(C(=O)O)S(N)(=O)=O. The van der Waals surface area contributed by atoms with Crippen LogP contribution in [0.25, 0.3) is 0 Å². The van der Waals surface area contributed by atoms with Gasteiger partial charge in [-0.15, -0.1) is 0 Å². The van der Waals surface area contributed by atoms with Crippen molar-refractivity contribution in [3.05, 3.63) is 0 Å². The molecule has 0 radical (unpaired) electrons. The Balaban J connectivity index is 4.06. The highest BCUT2D eigenvalue weighted by atomic mass is 32.2. The Hall–Kier alpha value is -0.620. The molecule has 0 aromatic heterocycles. The van der Waals surface area contributed by atoms with Crippen LogP contribution in [-0.2, 0) is 14.8 Å². The summed E-state index contributed by atoms with van der Waals surface area (Å²) in [6.45, 7) is 3.33. The maximum atomic E-state index is 11.3. The lowest BCUT2D eigenvalue weighted by Gasteiger charge is -2.21. The Labute approximate surface area is 110 Å². The molecule has 0 spiro atoms. The topological polar surface area (TPSA) is 97.5 Å². The van der Waals surface area contributed by atoms with Crippen LogP contribution in [0.3, 0.4) is 0 Å². The number of carboxylic acid groups (broad SMARTS) is 1. The van der Waals surface area contributed by atoms with Crippen molar-refractivity contribution >= 4 is 16.0 Å². The van der Waals surface area contributed by atoms with Gasteiger partial charge in [0.25, 0.3) is 0 Å². The average Bonchev–Trinajstić information content (AvgIpc) is 2.25. The first-order valence-electron chi connectivity index (χ1n) is 6.51. The lowest BCUT2D eigenvalue weighted by atomic mass is 10.0. The van der Waals surface area contributed by atoms with Crippen LogP contribution >= 0.6 is 0 Å². The fourth-order valence-corrected chi connectivity index (χ4v) is 2.46. The van der Waals surface area contributed by atoms with E-state index in [1.165, 1.54) is 26.2 Å². The predicted molar refractivity (Wildman–Crippen MR) is 71.8 cm³/mol. The number of rotatable bonds is 10. The van der Waals surface area contributed by atoms with E-state index >= 15 is 0 Å². The first-order valence-corrected chi connectivity index (χ1v) is 8.06. The molecule has 0 fully saturated rings. The molecule has 5 nitrogen and oxygen atoms in total. The van der Waals surface area contributed by atoms with Crippen molar-refractivity contribution < 1.29 is 18.3 Å². The monoisotopic (exact) mass is 279 g/mol. The van der Waals surface area contributed by atoms with Gasteiger partial charge in [0.15, 0.2) is 4.75 Å². The van der Waals surface area contributed by atoms with Gasteiger partial charge < -0.3 is 5.11 Å². The van der Waals surface area contributed by atoms with Crippen LogP contribution in [0, 0.1) is 0 Å². The number of aliphatic carboxylic acids is 1. The average molecular weight is 279 g/mol. The first kappa shape index (κ1) is 17.4. The molecule has 0 aliphatic heterocycles. The molecule has 0 bridgehead atoms. The number of nitrogens with two attached hydrogens (primary N) is 1. The van der Waals surface area contributed by atoms with Crippen LogP contribution in [0.2, 0.25) is 0 Å². The minimum Gasteiger partial charge on any atom is -0.480 e. The van der Waals surface area contributed by atoms with Crippen LogP contribution in [0.4, 0.5) is 0 Å². The third-order valence-corrected chi connectivity index (χ3v) is 4.97. The third-order valence-electron chi connectivity index (χ3n) is 3.34. The predicted octanol–water partition coefficient (Wildman–Crippen LogP) is 2.26. The Bertz CT molecular complexity index is 353. The van der Waals surface area contributed by atoms with E-state index < -0.39 is 20.7 Å². The molecule has 0 amide bonds. The standard InChI is InChI=1S/C12H25NO4S/c1-3-4-5-6-7-8-9-10-12(2,11(14)15)18(13,16)17/h3-10H2,1-2H3,(H,14,15)(H2,13,16,17). The highest BCUT2D eigenvalue weighted by molar-refractivity contribution is 7.91. The van der Waals surface area contributed by atoms with Gasteiger partial charge in [-0.2, -0.15) is 0 Å². The second kappa shape index (κ2) is 7.74. The fraction of sp³-hybridized carbons (Fsp3) is 0.917. The van der Waals surface area contributed by atoms with Gasteiger partial charge in [0.1, 0.15) is 0 Å². The molecule has 3 N–H and O–H groups in total. The van der Waals surface area contributed by atoms with Crippen LogP contribution < -0.4 is 5.14 Å². The van der Waals surface area contributed by atoms with E-state index in [1.54, 1.807) is 0 Å². The van der Waals surface area contributed by atoms with E-state index in [-0.39, 0.29) is 6.42 Å². The number of hydrogen-bond acceptors (Lipinski definition) is 3. The molecule has 0 aromatic rings. The molecule has 1 unspecified atom stereocenters. The summed E-state index contributed by atoms with van der Waals surface area (Å²) in [5.41, 5.74) is 0. The molecular weight excluding hydrogens is 254 g/mol. The summed E-state index contributed by atoms with van der Waals surface area (Å²) in [6, 6.07) is 0. The second-order valence-corrected chi connectivity index (χ2v) is 6.94. The van der Waals surface area contributed by atoms with Crippen LogP contribution in [0.1, 0.15) is 65.2 Å². The number of sulfonamides is 1. The fourth-order valence-electron chi connectivity index (χ4n) is 1.79. The second-order valence-electron chi connectivity index (χ2n) is 4.95. The molecule has 108 valence electrons. The van der Waals surface area contributed by atoms with Crippen molar-refractivity contribution in [2.75, 3.05) is 0 Å². The van der Waals surface area contributed by atoms with Gasteiger partial charge >= 0.3 is 5.97 Å². The van der Waals surface area contributed by atoms with Crippen LogP contribution in [0.5, 0.6) is 0 Å². The maximum absolute atomic E-state index is 11.3. The zero-order valence-corrected chi connectivity index (χ0v) is 12.1. The maximum Gasteiger partial charge on any atom is 0.326 e. The van der Waals surface area contributed by atoms with E-state index in [0.29, 0.717) is 6.42 Å². The Kier molecular flexibility index (Phi) is 7.47. The molecule has 18 heavy (non-hydrogen) atoms. The van der Waals surface area contributed by atoms with Gasteiger partial charge in [0, 0.05) is 0 Å². The smallest absolute Gasteiger partial charge is 0.326 e. The van der Waals surface area contributed by atoms with Crippen molar-refractivity contribution in [2.45, 2.75) is 70.0 Å². The van der Waals surface area contributed by atoms with Crippen LogP contribution in [0.15, 0.2) is 0 Å². The van der Waals surface area contributed by atoms with Gasteiger partial charge in [-0.05, 0) is 13.3 Å². The van der Waals surface area contributed by atoms with Gasteiger partial charge in [0.2, 0.25) is 10.0 Å². The van der Waals surface area contributed by atoms with Crippen LogP contribution in [-0.4, -0.2) is 24.2 Å².